The number of aliphatic hydroxyl groups is 1. The smallest absolute Gasteiger partial charge is 0.274 e. The van der Waals surface area contributed by atoms with Crippen molar-refractivity contribution in [3.8, 4) is 0 Å². The molecule has 0 spiro atoms. The molecule has 4 rings (SSSR count). The van der Waals surface area contributed by atoms with E-state index in [0.29, 0.717) is 23.9 Å². The van der Waals surface area contributed by atoms with Gasteiger partial charge in [-0.05, 0) is 55.0 Å². The number of fused-ring (bicyclic) bond motifs is 1. The molecule has 1 unspecified atom stereocenters. The molecule has 12 heteroatoms. The highest BCUT2D eigenvalue weighted by molar-refractivity contribution is 5.94. The van der Waals surface area contributed by atoms with Crippen molar-refractivity contribution in [2.75, 3.05) is 19.4 Å². The number of hydrogen-bond acceptors (Lipinski definition) is 7. The van der Waals surface area contributed by atoms with Crippen LogP contribution in [-0.4, -0.2) is 66.0 Å². The number of pyridine rings is 1. The van der Waals surface area contributed by atoms with E-state index in [1.807, 2.05) is 12.1 Å². The number of rotatable bonds is 13. The van der Waals surface area contributed by atoms with Crippen LogP contribution in [0.3, 0.4) is 0 Å². The number of amides is 2. The zero-order chi connectivity index (χ0) is 31.1. The first-order valence-corrected chi connectivity index (χ1v) is 14.3. The van der Waals surface area contributed by atoms with Crippen LogP contribution < -0.4 is 16.2 Å². The second-order valence-electron chi connectivity index (χ2n) is 11.2. The van der Waals surface area contributed by atoms with Crippen LogP contribution in [0.5, 0.6) is 0 Å². The molecule has 0 radical (unpaired) electrons. The zero-order valence-electron chi connectivity index (χ0n) is 25.2. The highest BCUT2D eigenvalue weighted by Crippen LogP contribution is 2.20. The number of aromatic amines is 1. The lowest BCUT2D eigenvalue weighted by atomic mass is 10.0. The third-order valence-electron chi connectivity index (χ3n) is 7.00. The summed E-state index contributed by atoms with van der Waals surface area (Å²) >= 11 is 0. The predicted octanol–water partition coefficient (Wildman–Crippen LogP) is 2.72. The molecule has 0 aliphatic heterocycles. The Morgan fingerprint density at radius 3 is 2.67 bits per heavy atom. The summed E-state index contributed by atoms with van der Waals surface area (Å²) in [7, 11) is 5.04. The quantitative estimate of drug-likeness (QED) is 0.139. The highest BCUT2D eigenvalue weighted by Gasteiger charge is 2.24. The molecule has 0 aliphatic carbocycles. The maximum Gasteiger partial charge on any atom is 0.274 e. The lowest BCUT2D eigenvalue weighted by molar-refractivity contribution is -0.123. The number of nitrogens with zero attached hydrogens (tertiary/aromatic N) is 5. The Morgan fingerprint density at radius 2 is 1.98 bits per heavy atom. The number of H-pyrrole nitrogens is 1. The monoisotopic (exact) mass is 588 g/mol. The van der Waals surface area contributed by atoms with E-state index in [2.05, 4.69) is 40.5 Å². The summed E-state index contributed by atoms with van der Waals surface area (Å²) < 4.78 is 3.12. The van der Waals surface area contributed by atoms with Gasteiger partial charge in [-0.15, -0.1) is 0 Å². The van der Waals surface area contributed by atoms with Gasteiger partial charge in [0.15, 0.2) is 0 Å². The van der Waals surface area contributed by atoms with Crippen LogP contribution in [0.2, 0.25) is 0 Å². The van der Waals surface area contributed by atoms with Crippen LogP contribution in [0.15, 0.2) is 66.0 Å². The van der Waals surface area contributed by atoms with Crippen LogP contribution in [0.1, 0.15) is 50.0 Å². The largest absolute Gasteiger partial charge is 0.373 e. The Morgan fingerprint density at radius 1 is 1.19 bits per heavy atom. The number of anilines is 1. The second kappa shape index (κ2) is 14.1. The fourth-order valence-corrected chi connectivity index (χ4v) is 4.75. The summed E-state index contributed by atoms with van der Waals surface area (Å²) in [4.78, 5) is 52.3. The third-order valence-corrected chi connectivity index (χ3v) is 7.00. The summed E-state index contributed by atoms with van der Waals surface area (Å²) in [6, 6.07) is 8.38. The van der Waals surface area contributed by atoms with Crippen LogP contribution in [0.25, 0.3) is 11.0 Å². The molecule has 0 aliphatic rings. The number of hydrogen-bond donors (Lipinski definition) is 4. The van der Waals surface area contributed by atoms with Crippen LogP contribution >= 0.6 is 0 Å². The van der Waals surface area contributed by atoms with Crippen molar-refractivity contribution in [3.05, 3.63) is 88.6 Å². The molecule has 228 valence electrons. The lowest BCUT2D eigenvalue weighted by Gasteiger charge is -2.22. The number of aromatic nitrogens is 5. The van der Waals surface area contributed by atoms with E-state index in [1.54, 1.807) is 56.4 Å². The zero-order valence-corrected chi connectivity index (χ0v) is 25.2. The predicted molar refractivity (Wildman–Crippen MR) is 165 cm³/mol. The minimum absolute atomic E-state index is 0.101. The minimum atomic E-state index is -1.18. The van der Waals surface area contributed by atoms with E-state index in [4.69, 9.17) is 4.98 Å². The van der Waals surface area contributed by atoms with Gasteiger partial charge in [0.2, 0.25) is 11.8 Å². The highest BCUT2D eigenvalue weighted by atomic mass is 16.3. The molecule has 12 nitrogen and oxygen atoms in total. The summed E-state index contributed by atoms with van der Waals surface area (Å²) in [6.07, 6.45) is 8.17. The van der Waals surface area contributed by atoms with Gasteiger partial charge in [0.05, 0.1) is 41.8 Å². The van der Waals surface area contributed by atoms with Crippen molar-refractivity contribution >= 4 is 28.5 Å². The van der Waals surface area contributed by atoms with Gasteiger partial charge in [-0.1, -0.05) is 32.1 Å². The molecule has 0 saturated carbocycles. The van der Waals surface area contributed by atoms with E-state index in [-0.39, 0.29) is 30.1 Å². The molecule has 0 bridgehead atoms. The number of allylic oxidation sites excluding steroid dienone is 1. The van der Waals surface area contributed by atoms with Crippen molar-refractivity contribution in [3.63, 3.8) is 0 Å². The van der Waals surface area contributed by atoms with Gasteiger partial charge in [-0.3, -0.25) is 19.7 Å². The Balaban J connectivity index is 1.51. The molecule has 4 aromatic rings. The number of aryl methyl sites for hydroxylation is 1. The van der Waals surface area contributed by atoms with Crippen LogP contribution in [-0.2, 0) is 29.6 Å². The normalized spacial score (nSPS) is 13.1. The van der Waals surface area contributed by atoms with E-state index >= 15 is 0 Å². The molecule has 2 atom stereocenters. The molecule has 3 heterocycles. The standard InChI is InChI=1S/C31H40N8O4/c1-20(2)16-21-10-8-12-22-28(21)36-26(33-22)18-39-15-9-13-24(31(39)43)35-29(41)23(11-6-7-14-27(40)37(3)4)34-30(42)25-17-32-19-38(25)5/h7-10,12-15,17,19-20,23,30,34,42H,6,11,16,18H2,1-5H3,(H,33,36)(H,35,41)/b14-7+/t23-,30?/m0/s1. The first-order chi connectivity index (χ1) is 20.5. The summed E-state index contributed by atoms with van der Waals surface area (Å²) in [5, 5.41) is 16.4. The molecule has 0 fully saturated rings. The molecular weight excluding hydrogens is 548 g/mol. The third kappa shape index (κ3) is 8.05. The fourth-order valence-electron chi connectivity index (χ4n) is 4.75. The van der Waals surface area contributed by atoms with Gasteiger partial charge in [0.1, 0.15) is 17.7 Å². The molecule has 0 saturated heterocycles. The van der Waals surface area contributed by atoms with Crippen LogP contribution in [0.4, 0.5) is 5.69 Å². The molecule has 43 heavy (non-hydrogen) atoms. The lowest BCUT2D eigenvalue weighted by Crippen LogP contribution is -2.43. The maximum absolute atomic E-state index is 13.4. The fraction of sp³-hybridized carbons (Fsp3) is 0.387. The van der Waals surface area contributed by atoms with E-state index in [9.17, 15) is 19.5 Å². The second-order valence-corrected chi connectivity index (χ2v) is 11.2. The van der Waals surface area contributed by atoms with Gasteiger partial charge >= 0.3 is 0 Å². The van der Waals surface area contributed by atoms with Crippen molar-refractivity contribution in [2.45, 2.75) is 51.9 Å². The number of likely N-dealkylation sites (N-methyl/N-ethyl adjacent to an activating group) is 1. The minimum Gasteiger partial charge on any atom is -0.373 e. The first-order valence-electron chi connectivity index (χ1n) is 14.3. The molecule has 4 N–H and O–H groups in total. The Hall–Kier alpha value is -4.55. The Bertz CT molecular complexity index is 1650. The number of carbonyl (C=O) groups excluding carboxylic acids is 2. The van der Waals surface area contributed by atoms with Crippen molar-refractivity contribution in [1.82, 2.24) is 34.3 Å². The van der Waals surface area contributed by atoms with Crippen molar-refractivity contribution in [1.29, 1.82) is 0 Å². The number of carbonyl (C=O) groups is 2. The first kappa shape index (κ1) is 31.4. The SMILES string of the molecule is CC(C)Cc1cccc2[nH]c(Cn3cccc(NC(=O)[C@H](CC/C=C/C(=O)N(C)C)NC(O)c4cncn4C)c3=O)nc12. The average molecular weight is 589 g/mol. The number of benzene rings is 1. The van der Waals surface area contributed by atoms with E-state index in [0.717, 1.165) is 23.0 Å². The van der Waals surface area contributed by atoms with Crippen molar-refractivity contribution < 1.29 is 14.7 Å². The Kier molecular flexibility index (Phi) is 10.3. The summed E-state index contributed by atoms with van der Waals surface area (Å²) in [5.74, 6) is 0.447. The Labute approximate surface area is 250 Å². The van der Waals surface area contributed by atoms with Gasteiger partial charge in [0.25, 0.3) is 5.56 Å². The maximum atomic E-state index is 13.4. The molecular formula is C31H40N8O4. The number of para-hydroxylation sites is 1. The van der Waals surface area contributed by atoms with Gasteiger partial charge in [-0.2, -0.15) is 0 Å². The van der Waals surface area contributed by atoms with Crippen molar-refractivity contribution in [2.24, 2.45) is 13.0 Å². The number of aliphatic hydroxyl groups excluding tert-OH is 1. The average Bonchev–Trinajstić information content (AvgIpc) is 3.58. The molecule has 2 amide bonds. The van der Waals surface area contributed by atoms with E-state index in [1.165, 1.54) is 21.7 Å². The summed E-state index contributed by atoms with van der Waals surface area (Å²) in [5.41, 5.74) is 3.14. The summed E-state index contributed by atoms with van der Waals surface area (Å²) in [6.45, 7) is 4.52. The van der Waals surface area contributed by atoms with E-state index < -0.39 is 18.2 Å². The van der Waals surface area contributed by atoms with Gasteiger partial charge in [0, 0.05) is 27.3 Å². The van der Waals surface area contributed by atoms with Crippen LogP contribution in [0, 0.1) is 5.92 Å². The van der Waals surface area contributed by atoms with Gasteiger partial charge < -0.3 is 29.4 Å². The van der Waals surface area contributed by atoms with Gasteiger partial charge in [-0.25, -0.2) is 9.97 Å². The number of nitrogens with one attached hydrogen (secondary N) is 3. The topological polar surface area (TPSA) is 150 Å². The molecule has 1 aromatic carbocycles. The number of imidazole rings is 2. The molecule has 3 aromatic heterocycles.